The van der Waals surface area contributed by atoms with Crippen molar-refractivity contribution < 1.29 is 15.0 Å². The molecule has 1 aromatic heterocycles. The number of carboxylic acids is 1. The van der Waals surface area contributed by atoms with Crippen molar-refractivity contribution in [3.63, 3.8) is 0 Å². The molecule has 2 aromatic rings. The summed E-state index contributed by atoms with van der Waals surface area (Å²) in [6.45, 7) is 2.02. The fraction of sp³-hybridized carbons (Fsp3) is 0.231. The molecule has 18 heavy (non-hydrogen) atoms. The molecule has 5 nitrogen and oxygen atoms in total. The first kappa shape index (κ1) is 12.2. The van der Waals surface area contributed by atoms with E-state index in [1.54, 1.807) is 13.1 Å². The maximum Gasteiger partial charge on any atom is 0.356 e. The summed E-state index contributed by atoms with van der Waals surface area (Å²) in [4.78, 5) is 10.9. The van der Waals surface area contributed by atoms with E-state index in [2.05, 4.69) is 5.10 Å². The normalized spacial score (nSPS) is 10.6. The van der Waals surface area contributed by atoms with Crippen molar-refractivity contribution in [1.82, 2.24) is 9.78 Å². The molecule has 0 bridgehead atoms. The van der Waals surface area contributed by atoms with E-state index in [0.717, 1.165) is 12.0 Å². The minimum absolute atomic E-state index is 0.0335. The van der Waals surface area contributed by atoms with Crippen LogP contribution < -0.4 is 0 Å². The molecule has 0 saturated heterocycles. The molecule has 2 rings (SSSR count). The van der Waals surface area contributed by atoms with Gasteiger partial charge in [-0.3, -0.25) is 4.68 Å². The Morgan fingerprint density at radius 1 is 1.39 bits per heavy atom. The van der Waals surface area contributed by atoms with Crippen LogP contribution in [0.3, 0.4) is 0 Å². The lowest BCUT2D eigenvalue weighted by Gasteiger charge is -2.06. The summed E-state index contributed by atoms with van der Waals surface area (Å²) in [5.41, 5.74) is 2.21. The third kappa shape index (κ3) is 2.07. The highest BCUT2D eigenvalue weighted by molar-refractivity contribution is 5.87. The van der Waals surface area contributed by atoms with Crippen molar-refractivity contribution in [2.75, 3.05) is 0 Å². The molecule has 0 aliphatic heterocycles. The van der Waals surface area contributed by atoms with Gasteiger partial charge in [0, 0.05) is 12.6 Å². The number of carboxylic acid groups (broad SMARTS) is 1. The molecular weight excluding hydrogens is 232 g/mol. The minimum Gasteiger partial charge on any atom is -0.507 e. The molecule has 94 valence electrons. The van der Waals surface area contributed by atoms with Crippen LogP contribution in [0.5, 0.6) is 5.75 Å². The molecule has 0 spiro atoms. The largest absolute Gasteiger partial charge is 0.507 e. The van der Waals surface area contributed by atoms with Gasteiger partial charge in [0.25, 0.3) is 0 Å². The molecule has 0 unspecified atom stereocenters. The average Bonchev–Trinajstić information content (AvgIpc) is 2.72. The highest BCUT2D eigenvalue weighted by Gasteiger charge is 2.15. The van der Waals surface area contributed by atoms with Crippen molar-refractivity contribution >= 4 is 5.97 Å². The van der Waals surface area contributed by atoms with E-state index in [0.29, 0.717) is 11.3 Å². The van der Waals surface area contributed by atoms with Crippen molar-refractivity contribution in [3.8, 4) is 17.0 Å². The Kier molecular flexibility index (Phi) is 3.06. The van der Waals surface area contributed by atoms with Gasteiger partial charge in [0.15, 0.2) is 5.69 Å². The predicted molar refractivity (Wildman–Crippen MR) is 66.6 cm³/mol. The van der Waals surface area contributed by atoms with E-state index in [1.807, 2.05) is 19.1 Å². The van der Waals surface area contributed by atoms with Gasteiger partial charge in [0.2, 0.25) is 0 Å². The van der Waals surface area contributed by atoms with Crippen molar-refractivity contribution in [1.29, 1.82) is 0 Å². The van der Waals surface area contributed by atoms with Crippen molar-refractivity contribution in [3.05, 3.63) is 35.5 Å². The van der Waals surface area contributed by atoms with Crippen molar-refractivity contribution in [2.24, 2.45) is 7.05 Å². The number of carbonyl (C=O) groups is 1. The number of phenolic OH excluding ortho intramolecular Hbond substituents is 1. The van der Waals surface area contributed by atoms with E-state index in [4.69, 9.17) is 5.11 Å². The van der Waals surface area contributed by atoms with Crippen LogP contribution in [0.4, 0.5) is 0 Å². The van der Waals surface area contributed by atoms with Gasteiger partial charge in [-0.05, 0) is 30.2 Å². The van der Waals surface area contributed by atoms with E-state index in [-0.39, 0.29) is 11.4 Å². The Bertz CT molecular complexity index is 602. The van der Waals surface area contributed by atoms with Crippen LogP contribution in [-0.4, -0.2) is 26.0 Å². The molecule has 0 atom stereocenters. The van der Waals surface area contributed by atoms with E-state index in [9.17, 15) is 9.90 Å². The molecular formula is C13H14N2O3. The Labute approximate surface area is 104 Å². The smallest absolute Gasteiger partial charge is 0.356 e. The highest BCUT2D eigenvalue weighted by Crippen LogP contribution is 2.30. The summed E-state index contributed by atoms with van der Waals surface area (Å²) in [6.07, 6.45) is 0.844. The molecule has 0 radical (unpaired) electrons. The summed E-state index contributed by atoms with van der Waals surface area (Å²) in [5.74, 6) is -0.963. The van der Waals surface area contributed by atoms with E-state index >= 15 is 0 Å². The molecule has 0 aliphatic carbocycles. The number of hydrogen-bond donors (Lipinski definition) is 2. The van der Waals surface area contributed by atoms with Crippen molar-refractivity contribution in [2.45, 2.75) is 13.3 Å². The SMILES string of the molecule is CCc1ccc(O)c(-c2cc(C(=O)O)nn2C)c1. The summed E-state index contributed by atoms with van der Waals surface area (Å²) in [5, 5.41) is 22.7. The van der Waals surface area contributed by atoms with Gasteiger partial charge in [-0.15, -0.1) is 0 Å². The highest BCUT2D eigenvalue weighted by atomic mass is 16.4. The number of nitrogens with zero attached hydrogens (tertiary/aromatic N) is 2. The van der Waals surface area contributed by atoms with Gasteiger partial charge >= 0.3 is 5.97 Å². The second kappa shape index (κ2) is 4.52. The number of hydrogen-bond acceptors (Lipinski definition) is 3. The van der Waals surface area contributed by atoms with Gasteiger partial charge in [-0.1, -0.05) is 13.0 Å². The first-order valence-electron chi connectivity index (χ1n) is 5.62. The van der Waals surface area contributed by atoms with Gasteiger partial charge in [0.1, 0.15) is 5.75 Å². The topological polar surface area (TPSA) is 75.3 Å². The third-order valence-electron chi connectivity index (χ3n) is 2.84. The van der Waals surface area contributed by atoms with Gasteiger partial charge < -0.3 is 10.2 Å². The second-order valence-corrected chi connectivity index (χ2v) is 4.05. The van der Waals surface area contributed by atoms with Gasteiger partial charge in [-0.25, -0.2) is 4.79 Å². The Morgan fingerprint density at radius 2 is 2.11 bits per heavy atom. The third-order valence-corrected chi connectivity index (χ3v) is 2.84. The molecule has 0 saturated carbocycles. The number of aromatic hydroxyl groups is 1. The van der Waals surface area contributed by atoms with E-state index in [1.165, 1.54) is 10.7 Å². The molecule has 0 fully saturated rings. The molecule has 0 aliphatic rings. The average molecular weight is 246 g/mol. The van der Waals surface area contributed by atoms with Crippen LogP contribution in [0, 0.1) is 0 Å². The first-order chi connectivity index (χ1) is 8.52. The van der Waals surface area contributed by atoms with Gasteiger partial charge in [0.05, 0.1) is 5.69 Å². The van der Waals surface area contributed by atoms with Crippen LogP contribution in [0.2, 0.25) is 0 Å². The molecule has 1 heterocycles. The van der Waals surface area contributed by atoms with Crippen LogP contribution in [0.25, 0.3) is 11.3 Å². The maximum absolute atomic E-state index is 10.9. The van der Waals surface area contributed by atoms with Crippen LogP contribution in [-0.2, 0) is 13.5 Å². The fourth-order valence-corrected chi connectivity index (χ4v) is 1.83. The Balaban J connectivity index is 2.57. The zero-order valence-corrected chi connectivity index (χ0v) is 10.2. The summed E-state index contributed by atoms with van der Waals surface area (Å²) in [7, 11) is 1.65. The van der Waals surface area contributed by atoms with Crippen LogP contribution in [0.15, 0.2) is 24.3 Å². The summed E-state index contributed by atoms with van der Waals surface area (Å²) >= 11 is 0. The lowest BCUT2D eigenvalue weighted by molar-refractivity contribution is 0.0689. The van der Waals surface area contributed by atoms with Gasteiger partial charge in [-0.2, -0.15) is 5.10 Å². The standard InChI is InChI=1S/C13H14N2O3/c1-3-8-4-5-12(16)9(6-8)11-7-10(13(17)18)14-15(11)2/h4-7,16H,3H2,1-2H3,(H,17,18). The number of benzene rings is 1. The number of aromatic carboxylic acids is 1. The molecule has 2 N–H and O–H groups in total. The number of phenols is 1. The fourth-order valence-electron chi connectivity index (χ4n) is 1.83. The van der Waals surface area contributed by atoms with Crippen LogP contribution in [0.1, 0.15) is 23.0 Å². The molecule has 5 heteroatoms. The van der Waals surface area contributed by atoms with E-state index < -0.39 is 5.97 Å². The monoisotopic (exact) mass is 246 g/mol. The second-order valence-electron chi connectivity index (χ2n) is 4.05. The first-order valence-corrected chi connectivity index (χ1v) is 5.62. The maximum atomic E-state index is 10.9. The predicted octanol–water partition coefficient (Wildman–Crippen LogP) is 2.05. The zero-order valence-electron chi connectivity index (χ0n) is 10.2. The Hall–Kier alpha value is -2.30. The minimum atomic E-state index is -1.08. The molecule has 0 amide bonds. The number of aryl methyl sites for hydroxylation is 2. The lowest BCUT2D eigenvalue weighted by atomic mass is 10.0. The quantitative estimate of drug-likeness (QED) is 0.869. The molecule has 1 aromatic carbocycles. The Morgan fingerprint density at radius 3 is 2.67 bits per heavy atom. The lowest BCUT2D eigenvalue weighted by Crippen LogP contribution is -1.99. The number of rotatable bonds is 3. The zero-order chi connectivity index (χ0) is 13.3. The summed E-state index contributed by atoms with van der Waals surface area (Å²) in [6, 6.07) is 6.75. The number of aromatic nitrogens is 2. The summed E-state index contributed by atoms with van der Waals surface area (Å²) < 4.78 is 1.46. The van der Waals surface area contributed by atoms with Crippen LogP contribution >= 0.6 is 0 Å².